The number of nitrogens with one attached hydrogen (secondary N) is 1. The van der Waals surface area contributed by atoms with Crippen molar-refractivity contribution >= 4 is 37.8 Å². The molecule has 0 aliphatic heterocycles. The summed E-state index contributed by atoms with van der Waals surface area (Å²) in [5.74, 6) is 0.440. The van der Waals surface area contributed by atoms with Gasteiger partial charge in [0.1, 0.15) is 0 Å². The van der Waals surface area contributed by atoms with Gasteiger partial charge in [0, 0.05) is 15.5 Å². The van der Waals surface area contributed by atoms with Crippen LogP contribution in [0.2, 0.25) is 0 Å². The maximum atomic E-state index is 12.3. The van der Waals surface area contributed by atoms with Gasteiger partial charge in [0.25, 0.3) is 5.91 Å². The largest absolute Gasteiger partial charge is 0.345 e. The van der Waals surface area contributed by atoms with Crippen LogP contribution in [0.15, 0.2) is 27.1 Å². The van der Waals surface area contributed by atoms with Crippen LogP contribution in [-0.2, 0) is 0 Å². The highest BCUT2D eigenvalue weighted by Crippen LogP contribution is 2.39. The molecule has 1 aromatic rings. The Morgan fingerprint density at radius 1 is 1.50 bits per heavy atom. The van der Waals surface area contributed by atoms with Gasteiger partial charge in [0.15, 0.2) is 0 Å². The third kappa shape index (κ3) is 2.95. The normalized spacial score (nSPS) is 18.2. The summed E-state index contributed by atoms with van der Waals surface area (Å²) in [5, 5.41) is 3.07. The molecule has 1 aromatic carbocycles. The van der Waals surface area contributed by atoms with Gasteiger partial charge in [0.05, 0.1) is 11.1 Å². The molecule has 2 rings (SSSR count). The summed E-state index contributed by atoms with van der Waals surface area (Å²) in [6, 6.07) is 5.52. The molecule has 1 unspecified atom stereocenters. The van der Waals surface area contributed by atoms with Crippen molar-refractivity contribution < 1.29 is 4.79 Å². The summed E-state index contributed by atoms with van der Waals surface area (Å²) >= 11 is 6.78. The Balaban J connectivity index is 2.16. The molecule has 0 bridgehead atoms. The Morgan fingerprint density at radius 3 is 2.67 bits per heavy atom. The number of carbonyl (C=O) groups excluding carboxylic acids is 1. The molecule has 1 amide bonds. The zero-order valence-electron chi connectivity index (χ0n) is 10.2. The highest BCUT2D eigenvalue weighted by atomic mass is 79.9. The zero-order chi connectivity index (χ0) is 13.3. The van der Waals surface area contributed by atoms with Crippen molar-refractivity contribution in [1.82, 2.24) is 5.32 Å². The lowest BCUT2D eigenvalue weighted by atomic mass is 9.95. The SMILES string of the molecule is CC(CN)(NC(=O)c1ccc(Br)cc1Br)C1CC1. The van der Waals surface area contributed by atoms with Crippen molar-refractivity contribution in [3.63, 3.8) is 0 Å². The van der Waals surface area contributed by atoms with E-state index in [0.29, 0.717) is 18.0 Å². The number of rotatable bonds is 4. The third-order valence-electron chi connectivity index (χ3n) is 3.48. The molecule has 0 radical (unpaired) electrons. The molecular formula is C13H16Br2N2O. The first kappa shape index (κ1) is 14.0. The first-order valence-electron chi connectivity index (χ1n) is 5.94. The average molecular weight is 376 g/mol. The van der Waals surface area contributed by atoms with E-state index in [1.807, 2.05) is 19.1 Å². The maximum absolute atomic E-state index is 12.3. The highest BCUT2D eigenvalue weighted by Gasteiger charge is 2.41. The molecule has 18 heavy (non-hydrogen) atoms. The van der Waals surface area contributed by atoms with E-state index in [1.54, 1.807) is 6.07 Å². The Morgan fingerprint density at radius 2 is 2.17 bits per heavy atom. The minimum atomic E-state index is -0.288. The molecule has 1 aliphatic carbocycles. The molecule has 3 nitrogen and oxygen atoms in total. The van der Waals surface area contributed by atoms with Gasteiger partial charge in [-0.3, -0.25) is 4.79 Å². The standard InChI is InChI=1S/C13H16Br2N2O/c1-13(7-16,8-2-3-8)17-12(18)10-5-4-9(14)6-11(10)15/h4-6,8H,2-3,7,16H2,1H3,(H,17,18). The Kier molecular flexibility index (Phi) is 4.14. The van der Waals surface area contributed by atoms with E-state index < -0.39 is 0 Å². The highest BCUT2D eigenvalue weighted by molar-refractivity contribution is 9.11. The molecule has 1 saturated carbocycles. The predicted molar refractivity (Wildman–Crippen MR) is 79.5 cm³/mol. The van der Waals surface area contributed by atoms with Crippen LogP contribution in [0.5, 0.6) is 0 Å². The van der Waals surface area contributed by atoms with Crippen LogP contribution < -0.4 is 11.1 Å². The van der Waals surface area contributed by atoms with E-state index in [4.69, 9.17) is 5.73 Å². The lowest BCUT2D eigenvalue weighted by Crippen LogP contribution is -2.53. The van der Waals surface area contributed by atoms with Gasteiger partial charge in [-0.2, -0.15) is 0 Å². The van der Waals surface area contributed by atoms with E-state index in [-0.39, 0.29) is 11.4 Å². The molecule has 1 atom stereocenters. The second-order valence-electron chi connectivity index (χ2n) is 4.97. The van der Waals surface area contributed by atoms with Crippen LogP contribution >= 0.6 is 31.9 Å². The van der Waals surface area contributed by atoms with Crippen LogP contribution in [0.4, 0.5) is 0 Å². The monoisotopic (exact) mass is 374 g/mol. The summed E-state index contributed by atoms with van der Waals surface area (Å²) in [6.45, 7) is 2.49. The van der Waals surface area contributed by atoms with Gasteiger partial charge in [0.2, 0.25) is 0 Å². The quantitative estimate of drug-likeness (QED) is 0.849. The number of halogens is 2. The zero-order valence-corrected chi connectivity index (χ0v) is 13.3. The molecule has 0 heterocycles. The van der Waals surface area contributed by atoms with Gasteiger partial charge in [-0.05, 0) is 59.8 Å². The average Bonchev–Trinajstić information content (AvgIpc) is 3.12. The molecule has 0 spiro atoms. The van der Waals surface area contributed by atoms with Gasteiger partial charge in [-0.25, -0.2) is 0 Å². The summed E-state index contributed by atoms with van der Waals surface area (Å²) in [7, 11) is 0. The van der Waals surface area contributed by atoms with Crippen molar-refractivity contribution in [2.75, 3.05) is 6.54 Å². The van der Waals surface area contributed by atoms with E-state index in [2.05, 4.69) is 37.2 Å². The van der Waals surface area contributed by atoms with Crippen LogP contribution in [0.1, 0.15) is 30.1 Å². The van der Waals surface area contributed by atoms with Crippen LogP contribution in [0.25, 0.3) is 0 Å². The van der Waals surface area contributed by atoms with Crippen molar-refractivity contribution in [3.8, 4) is 0 Å². The fraction of sp³-hybridized carbons (Fsp3) is 0.462. The molecule has 98 valence electrons. The lowest BCUT2D eigenvalue weighted by Gasteiger charge is -2.29. The van der Waals surface area contributed by atoms with Crippen LogP contribution in [0.3, 0.4) is 0 Å². The van der Waals surface area contributed by atoms with E-state index in [0.717, 1.165) is 21.8 Å². The Bertz CT molecular complexity index is 474. The van der Waals surface area contributed by atoms with E-state index in [9.17, 15) is 4.79 Å². The van der Waals surface area contributed by atoms with Gasteiger partial charge in [-0.15, -0.1) is 0 Å². The molecule has 1 aliphatic rings. The Hall–Kier alpha value is -0.390. The van der Waals surface area contributed by atoms with Crippen molar-refractivity contribution in [3.05, 3.63) is 32.7 Å². The molecular weight excluding hydrogens is 360 g/mol. The predicted octanol–water partition coefficient (Wildman–Crippen LogP) is 3.07. The van der Waals surface area contributed by atoms with Crippen LogP contribution in [0, 0.1) is 5.92 Å². The first-order chi connectivity index (χ1) is 8.46. The van der Waals surface area contributed by atoms with E-state index >= 15 is 0 Å². The summed E-state index contributed by atoms with van der Waals surface area (Å²) < 4.78 is 1.72. The van der Waals surface area contributed by atoms with Crippen LogP contribution in [-0.4, -0.2) is 18.0 Å². The fourth-order valence-corrected chi connectivity index (χ4v) is 3.27. The number of nitrogens with two attached hydrogens (primary N) is 1. The van der Waals surface area contributed by atoms with Gasteiger partial charge in [-0.1, -0.05) is 15.9 Å². The number of benzene rings is 1. The molecule has 1 fully saturated rings. The number of carbonyl (C=O) groups is 1. The molecule has 0 saturated heterocycles. The minimum Gasteiger partial charge on any atom is -0.345 e. The van der Waals surface area contributed by atoms with Gasteiger partial charge < -0.3 is 11.1 Å². The van der Waals surface area contributed by atoms with Gasteiger partial charge >= 0.3 is 0 Å². The lowest BCUT2D eigenvalue weighted by molar-refractivity contribution is 0.0897. The number of hydrogen-bond acceptors (Lipinski definition) is 2. The molecule has 3 N–H and O–H groups in total. The molecule has 5 heteroatoms. The number of hydrogen-bond donors (Lipinski definition) is 2. The van der Waals surface area contributed by atoms with Crippen molar-refractivity contribution in [2.45, 2.75) is 25.3 Å². The second kappa shape index (κ2) is 5.31. The summed E-state index contributed by atoms with van der Waals surface area (Å²) in [5.41, 5.74) is 6.15. The topological polar surface area (TPSA) is 55.1 Å². The second-order valence-corrected chi connectivity index (χ2v) is 6.74. The molecule has 0 aromatic heterocycles. The van der Waals surface area contributed by atoms with E-state index in [1.165, 1.54) is 0 Å². The Labute approximate surface area is 124 Å². The first-order valence-corrected chi connectivity index (χ1v) is 7.52. The minimum absolute atomic E-state index is 0.0748. The summed E-state index contributed by atoms with van der Waals surface area (Å²) in [6.07, 6.45) is 2.30. The van der Waals surface area contributed by atoms with Crippen molar-refractivity contribution in [1.29, 1.82) is 0 Å². The maximum Gasteiger partial charge on any atom is 0.252 e. The fourth-order valence-electron chi connectivity index (χ4n) is 2.04. The number of amides is 1. The third-order valence-corrected chi connectivity index (χ3v) is 4.63. The van der Waals surface area contributed by atoms with Crippen molar-refractivity contribution in [2.24, 2.45) is 11.7 Å². The summed E-state index contributed by atoms with van der Waals surface area (Å²) in [4.78, 5) is 12.3. The smallest absolute Gasteiger partial charge is 0.252 e.